The quantitative estimate of drug-likeness (QED) is 0.543. The molecule has 0 aliphatic heterocycles. The maximum absolute atomic E-state index is 4.31. The van der Waals surface area contributed by atoms with Gasteiger partial charge in [0.15, 0.2) is 0 Å². The fourth-order valence-electron chi connectivity index (χ4n) is 2.46. The minimum atomic E-state index is 0.678. The molecule has 2 aromatic carbocycles. The Morgan fingerprint density at radius 2 is 0.909 bits per heavy atom. The van der Waals surface area contributed by atoms with Gasteiger partial charge in [-0.2, -0.15) is 10.2 Å². The van der Waals surface area contributed by atoms with Crippen LogP contribution in [0, 0.1) is 11.8 Å². The molecule has 0 amide bonds. The summed E-state index contributed by atoms with van der Waals surface area (Å²) in [6, 6.07) is 16.7. The summed E-state index contributed by atoms with van der Waals surface area (Å²) < 4.78 is 0. The number of hydrogen-bond acceptors (Lipinski definition) is 2. The van der Waals surface area contributed by atoms with Crippen LogP contribution in [0.4, 0.5) is 11.4 Å². The van der Waals surface area contributed by atoms with Gasteiger partial charge in [0.1, 0.15) is 0 Å². The Morgan fingerprint density at radius 1 is 0.591 bits per heavy atom. The first-order valence-corrected chi connectivity index (χ1v) is 8.12. The van der Waals surface area contributed by atoms with Crippen molar-refractivity contribution in [3.8, 4) is 0 Å². The summed E-state index contributed by atoms with van der Waals surface area (Å²) >= 11 is 0. The van der Waals surface area contributed by atoms with Crippen molar-refractivity contribution in [1.29, 1.82) is 0 Å². The van der Waals surface area contributed by atoms with Crippen molar-refractivity contribution in [2.45, 2.75) is 40.5 Å². The van der Waals surface area contributed by atoms with Gasteiger partial charge >= 0.3 is 0 Å². The van der Waals surface area contributed by atoms with Crippen LogP contribution in [0.25, 0.3) is 0 Å². The second-order valence-electron chi connectivity index (χ2n) is 6.73. The van der Waals surface area contributed by atoms with Gasteiger partial charge in [-0.05, 0) is 60.1 Å². The molecule has 2 rings (SSSR count). The molecule has 2 aromatic rings. The minimum absolute atomic E-state index is 0.678. The van der Waals surface area contributed by atoms with E-state index in [0.29, 0.717) is 11.8 Å². The fraction of sp³-hybridized carbons (Fsp3) is 0.400. The first kappa shape index (κ1) is 16.4. The lowest BCUT2D eigenvalue weighted by Crippen LogP contribution is -1.92. The number of nitrogens with zero attached hydrogens (tertiary/aromatic N) is 2. The van der Waals surface area contributed by atoms with E-state index in [1.807, 2.05) is 24.3 Å². The topological polar surface area (TPSA) is 24.7 Å². The molecule has 0 saturated carbocycles. The molecule has 22 heavy (non-hydrogen) atoms. The summed E-state index contributed by atoms with van der Waals surface area (Å²) in [5.41, 5.74) is 4.51. The van der Waals surface area contributed by atoms with Crippen LogP contribution in [-0.4, -0.2) is 0 Å². The third-order valence-corrected chi connectivity index (χ3v) is 3.44. The second kappa shape index (κ2) is 7.88. The summed E-state index contributed by atoms with van der Waals surface area (Å²) in [7, 11) is 0. The molecule has 2 heteroatoms. The Hall–Kier alpha value is -1.96. The van der Waals surface area contributed by atoms with E-state index in [1.54, 1.807) is 0 Å². The third kappa shape index (κ3) is 5.44. The maximum atomic E-state index is 4.31. The van der Waals surface area contributed by atoms with E-state index in [1.165, 1.54) is 11.1 Å². The molecule has 0 unspecified atom stereocenters. The second-order valence-corrected chi connectivity index (χ2v) is 6.73. The van der Waals surface area contributed by atoms with Crippen molar-refractivity contribution < 1.29 is 0 Å². The van der Waals surface area contributed by atoms with E-state index < -0.39 is 0 Å². The summed E-state index contributed by atoms with van der Waals surface area (Å²) in [5.74, 6) is 1.36. The average molecular weight is 294 g/mol. The first-order chi connectivity index (χ1) is 10.5. The van der Waals surface area contributed by atoms with E-state index in [9.17, 15) is 0 Å². The predicted molar refractivity (Wildman–Crippen MR) is 94.1 cm³/mol. The summed E-state index contributed by atoms with van der Waals surface area (Å²) in [5, 5.41) is 8.62. The molecule has 0 atom stereocenters. The van der Waals surface area contributed by atoms with Crippen LogP contribution in [0.15, 0.2) is 58.8 Å². The van der Waals surface area contributed by atoms with Crippen molar-refractivity contribution in [3.05, 3.63) is 59.7 Å². The minimum Gasteiger partial charge on any atom is -0.151 e. The Bertz CT molecular complexity index is 537. The van der Waals surface area contributed by atoms with Gasteiger partial charge in [0.25, 0.3) is 0 Å². The molecule has 0 bridgehead atoms. The van der Waals surface area contributed by atoms with Crippen molar-refractivity contribution in [2.24, 2.45) is 22.1 Å². The molecule has 0 N–H and O–H groups in total. The molecule has 0 aromatic heterocycles. The van der Waals surface area contributed by atoms with Gasteiger partial charge in [-0.25, -0.2) is 0 Å². The van der Waals surface area contributed by atoms with Gasteiger partial charge in [0.2, 0.25) is 0 Å². The molecular formula is C20H26N2. The Balaban J connectivity index is 1.99. The van der Waals surface area contributed by atoms with Crippen molar-refractivity contribution in [1.82, 2.24) is 0 Å². The van der Waals surface area contributed by atoms with E-state index >= 15 is 0 Å². The fourth-order valence-corrected chi connectivity index (χ4v) is 2.46. The molecule has 0 spiro atoms. The normalized spacial score (nSPS) is 11.7. The molecule has 2 nitrogen and oxygen atoms in total. The van der Waals surface area contributed by atoms with Crippen LogP contribution >= 0.6 is 0 Å². The highest BCUT2D eigenvalue weighted by Gasteiger charge is 1.99. The van der Waals surface area contributed by atoms with Crippen LogP contribution in [0.5, 0.6) is 0 Å². The molecular weight excluding hydrogens is 268 g/mol. The highest BCUT2D eigenvalue weighted by molar-refractivity contribution is 5.42. The Kier molecular flexibility index (Phi) is 5.88. The highest BCUT2D eigenvalue weighted by atomic mass is 15.1. The average Bonchev–Trinajstić information content (AvgIpc) is 2.47. The van der Waals surface area contributed by atoms with Gasteiger partial charge in [-0.3, -0.25) is 0 Å². The van der Waals surface area contributed by atoms with E-state index in [0.717, 1.165) is 24.2 Å². The van der Waals surface area contributed by atoms with E-state index in [4.69, 9.17) is 0 Å². The molecule has 0 radical (unpaired) electrons. The number of hydrogen-bond donors (Lipinski definition) is 0. The van der Waals surface area contributed by atoms with Crippen LogP contribution in [0.2, 0.25) is 0 Å². The Labute approximate surface area is 134 Å². The van der Waals surface area contributed by atoms with Gasteiger partial charge in [0, 0.05) is 0 Å². The molecule has 0 fully saturated rings. The van der Waals surface area contributed by atoms with Gasteiger partial charge in [-0.1, -0.05) is 52.0 Å². The zero-order valence-corrected chi connectivity index (χ0v) is 14.1. The van der Waals surface area contributed by atoms with Crippen LogP contribution in [0.1, 0.15) is 38.8 Å². The maximum Gasteiger partial charge on any atom is 0.0857 e. The molecule has 0 saturated heterocycles. The summed E-state index contributed by atoms with van der Waals surface area (Å²) in [4.78, 5) is 0. The Morgan fingerprint density at radius 3 is 1.18 bits per heavy atom. The van der Waals surface area contributed by atoms with Crippen LogP contribution < -0.4 is 0 Å². The molecule has 0 aliphatic carbocycles. The molecule has 0 heterocycles. The largest absolute Gasteiger partial charge is 0.151 e. The third-order valence-electron chi connectivity index (χ3n) is 3.44. The molecule has 0 aliphatic rings. The van der Waals surface area contributed by atoms with Crippen molar-refractivity contribution in [2.75, 3.05) is 0 Å². The lowest BCUT2D eigenvalue weighted by molar-refractivity contribution is 0.647. The first-order valence-electron chi connectivity index (χ1n) is 8.12. The number of azo groups is 1. The smallest absolute Gasteiger partial charge is 0.0857 e. The zero-order valence-electron chi connectivity index (χ0n) is 14.1. The van der Waals surface area contributed by atoms with Gasteiger partial charge in [0.05, 0.1) is 11.4 Å². The lowest BCUT2D eigenvalue weighted by Gasteiger charge is -2.05. The van der Waals surface area contributed by atoms with E-state index in [2.05, 4.69) is 62.2 Å². The monoisotopic (exact) mass is 294 g/mol. The number of rotatable bonds is 6. The molecule has 116 valence electrons. The zero-order chi connectivity index (χ0) is 15.9. The summed E-state index contributed by atoms with van der Waals surface area (Å²) in [6.45, 7) is 8.93. The van der Waals surface area contributed by atoms with Gasteiger partial charge in [-0.15, -0.1) is 0 Å². The lowest BCUT2D eigenvalue weighted by atomic mass is 10.0. The standard InChI is InChI=1S/C20H26N2/c1-15(2)13-17-5-9-19(10-6-17)21-22-20-11-7-18(8-12-20)14-16(3)4/h5-12,15-16H,13-14H2,1-4H3. The number of benzene rings is 2. The van der Waals surface area contributed by atoms with E-state index in [-0.39, 0.29) is 0 Å². The van der Waals surface area contributed by atoms with Crippen molar-refractivity contribution >= 4 is 11.4 Å². The summed E-state index contributed by atoms with van der Waals surface area (Å²) in [6.07, 6.45) is 2.21. The van der Waals surface area contributed by atoms with Gasteiger partial charge < -0.3 is 0 Å². The SMILES string of the molecule is CC(C)Cc1ccc(N=Nc2ccc(CC(C)C)cc2)cc1. The van der Waals surface area contributed by atoms with Crippen molar-refractivity contribution in [3.63, 3.8) is 0 Å². The van der Waals surface area contributed by atoms with Crippen LogP contribution in [0.3, 0.4) is 0 Å². The predicted octanol–water partition coefficient (Wildman–Crippen LogP) is 6.50. The highest BCUT2D eigenvalue weighted by Crippen LogP contribution is 2.20. The van der Waals surface area contributed by atoms with Crippen LogP contribution in [-0.2, 0) is 12.8 Å².